The molecule has 0 amide bonds. The molecule has 0 rings (SSSR count). The summed E-state index contributed by atoms with van der Waals surface area (Å²) < 4.78 is 39.0. The van der Waals surface area contributed by atoms with Crippen LogP contribution in [0.25, 0.3) is 0 Å². The highest BCUT2D eigenvalue weighted by Crippen LogP contribution is 2.15. The molecule has 0 fully saturated rings. The zero-order chi connectivity index (χ0) is 24.9. The molecule has 202 valence electrons. The SMILES string of the molecule is CCCCCCCCCCCCCCCCCCCCCCCCCCCC.F[B-](F)(F)F. The van der Waals surface area contributed by atoms with Gasteiger partial charge in [-0.25, -0.2) is 0 Å². The fraction of sp³-hybridized carbons (Fsp3) is 1.00. The molecule has 0 N–H and O–H groups in total. The number of hydrogen-bond donors (Lipinski definition) is 0. The zero-order valence-corrected chi connectivity index (χ0v) is 22.5. The van der Waals surface area contributed by atoms with Gasteiger partial charge in [0.1, 0.15) is 0 Å². The van der Waals surface area contributed by atoms with Gasteiger partial charge >= 0.3 is 7.25 Å². The molecule has 0 aliphatic heterocycles. The fourth-order valence-electron chi connectivity index (χ4n) is 4.39. The topological polar surface area (TPSA) is 0 Å². The molecule has 33 heavy (non-hydrogen) atoms. The summed E-state index contributed by atoms with van der Waals surface area (Å²) in [7, 11) is -6.00. The van der Waals surface area contributed by atoms with E-state index < -0.39 is 7.25 Å². The van der Waals surface area contributed by atoms with Crippen LogP contribution in [0.2, 0.25) is 0 Å². The van der Waals surface area contributed by atoms with E-state index in [4.69, 9.17) is 0 Å². The first kappa shape index (κ1) is 34.9. The van der Waals surface area contributed by atoms with Crippen LogP contribution >= 0.6 is 0 Å². The lowest BCUT2D eigenvalue weighted by atomic mass is 10.0. The van der Waals surface area contributed by atoms with Crippen LogP contribution in [0, 0.1) is 0 Å². The Hall–Kier alpha value is -0.215. The van der Waals surface area contributed by atoms with Crippen LogP contribution in [0.3, 0.4) is 0 Å². The van der Waals surface area contributed by atoms with E-state index >= 15 is 0 Å². The Morgan fingerprint density at radius 1 is 0.273 bits per heavy atom. The quantitative estimate of drug-likeness (QED) is 0.0691. The Bertz CT molecular complexity index is 302. The summed E-state index contributed by atoms with van der Waals surface area (Å²) in [5.41, 5.74) is 0. The maximum atomic E-state index is 9.75. The second-order valence-electron chi connectivity index (χ2n) is 9.98. The standard InChI is InChI=1S/C28H58.BF4/c1-3-5-7-9-11-13-15-17-19-21-23-25-27-28-26-24-22-20-18-16-14-12-10-8-6-4-2;2-1(3,4)5/h3-28H2,1-2H3;/q;-1. The second-order valence-corrected chi connectivity index (χ2v) is 9.98. The highest BCUT2D eigenvalue weighted by atomic mass is 19.5. The van der Waals surface area contributed by atoms with Gasteiger partial charge in [0.05, 0.1) is 0 Å². The maximum absolute atomic E-state index is 9.75. The second kappa shape index (κ2) is 29.8. The predicted octanol–water partition coefficient (Wildman–Crippen LogP) is 12.5. The normalized spacial score (nSPS) is 11.5. The zero-order valence-electron chi connectivity index (χ0n) is 22.5. The molecule has 0 saturated carbocycles. The van der Waals surface area contributed by atoms with Crippen molar-refractivity contribution in [2.45, 2.75) is 181 Å². The molecule has 5 heteroatoms. The minimum atomic E-state index is -6.00. The van der Waals surface area contributed by atoms with Gasteiger partial charge in [-0.1, -0.05) is 181 Å². The summed E-state index contributed by atoms with van der Waals surface area (Å²) in [5, 5.41) is 0. The summed E-state index contributed by atoms with van der Waals surface area (Å²) in [4.78, 5) is 0. The molecule has 0 aliphatic rings. The highest BCUT2D eigenvalue weighted by Gasteiger charge is 2.20. The molecule has 0 radical (unpaired) electrons. The number of rotatable bonds is 25. The van der Waals surface area contributed by atoms with Crippen LogP contribution in [0.5, 0.6) is 0 Å². The Morgan fingerprint density at radius 2 is 0.364 bits per heavy atom. The van der Waals surface area contributed by atoms with Crippen molar-refractivity contribution in [3.05, 3.63) is 0 Å². The van der Waals surface area contributed by atoms with Gasteiger partial charge < -0.3 is 17.3 Å². The minimum Gasteiger partial charge on any atom is -0.418 e. The molecule has 0 spiro atoms. The molecule has 0 atom stereocenters. The van der Waals surface area contributed by atoms with E-state index in [1.165, 1.54) is 167 Å². The first-order chi connectivity index (χ1) is 15.9. The van der Waals surface area contributed by atoms with E-state index in [0.29, 0.717) is 0 Å². The molecule has 0 heterocycles. The van der Waals surface area contributed by atoms with Gasteiger partial charge in [-0.3, -0.25) is 0 Å². The fourth-order valence-corrected chi connectivity index (χ4v) is 4.39. The minimum absolute atomic E-state index is 1.37. The van der Waals surface area contributed by atoms with E-state index in [-0.39, 0.29) is 0 Å². The maximum Gasteiger partial charge on any atom is 0.673 e. The third-order valence-electron chi connectivity index (χ3n) is 6.46. The molecule has 0 saturated heterocycles. The first-order valence-corrected chi connectivity index (χ1v) is 14.8. The molecule has 0 unspecified atom stereocenters. The molecule has 0 aromatic heterocycles. The Labute approximate surface area is 205 Å². The monoisotopic (exact) mass is 481 g/mol. The largest absolute Gasteiger partial charge is 0.673 e. The summed E-state index contributed by atoms with van der Waals surface area (Å²) in [6.45, 7) is 4.61. The summed E-state index contributed by atoms with van der Waals surface area (Å²) in [6.07, 6.45) is 38.4. The van der Waals surface area contributed by atoms with Crippen molar-refractivity contribution in [2.24, 2.45) is 0 Å². The van der Waals surface area contributed by atoms with Crippen molar-refractivity contribution in [1.29, 1.82) is 0 Å². The van der Waals surface area contributed by atoms with Crippen molar-refractivity contribution in [2.75, 3.05) is 0 Å². The third kappa shape index (κ3) is 45.9. The van der Waals surface area contributed by atoms with E-state index in [9.17, 15) is 17.3 Å². The van der Waals surface area contributed by atoms with Gasteiger partial charge in [-0.15, -0.1) is 0 Å². The van der Waals surface area contributed by atoms with Crippen LogP contribution in [-0.4, -0.2) is 7.25 Å². The van der Waals surface area contributed by atoms with Gasteiger partial charge in [-0.05, 0) is 0 Å². The summed E-state index contributed by atoms with van der Waals surface area (Å²) in [5.74, 6) is 0. The average molecular weight is 482 g/mol. The Kier molecular flexibility index (Phi) is 31.6. The van der Waals surface area contributed by atoms with E-state index in [2.05, 4.69) is 13.8 Å². The lowest BCUT2D eigenvalue weighted by molar-refractivity contribution is 0.368. The molecule has 0 aliphatic carbocycles. The van der Waals surface area contributed by atoms with Gasteiger partial charge in [0.2, 0.25) is 0 Å². The van der Waals surface area contributed by atoms with E-state index in [0.717, 1.165) is 0 Å². The Morgan fingerprint density at radius 3 is 0.455 bits per heavy atom. The smallest absolute Gasteiger partial charge is 0.418 e. The van der Waals surface area contributed by atoms with Gasteiger partial charge in [0, 0.05) is 0 Å². The van der Waals surface area contributed by atoms with E-state index in [1.807, 2.05) is 0 Å². The van der Waals surface area contributed by atoms with Crippen LogP contribution in [0.1, 0.15) is 181 Å². The lowest BCUT2D eigenvalue weighted by Crippen LogP contribution is -2.02. The summed E-state index contributed by atoms with van der Waals surface area (Å²) >= 11 is 0. The van der Waals surface area contributed by atoms with Crippen LogP contribution in [0.15, 0.2) is 0 Å². The van der Waals surface area contributed by atoms with Crippen molar-refractivity contribution >= 4 is 7.25 Å². The Balaban J connectivity index is 0. The average Bonchev–Trinajstić information content (AvgIpc) is 2.75. The van der Waals surface area contributed by atoms with Crippen molar-refractivity contribution in [3.8, 4) is 0 Å². The van der Waals surface area contributed by atoms with E-state index in [1.54, 1.807) is 0 Å². The molecule has 0 bridgehead atoms. The molecular formula is C28H58BF4-. The van der Waals surface area contributed by atoms with Gasteiger partial charge in [0.15, 0.2) is 0 Å². The number of unbranched alkanes of at least 4 members (excludes halogenated alkanes) is 25. The van der Waals surface area contributed by atoms with Crippen LogP contribution in [-0.2, 0) is 0 Å². The van der Waals surface area contributed by atoms with Gasteiger partial charge in [-0.2, -0.15) is 0 Å². The molecular weight excluding hydrogens is 423 g/mol. The lowest BCUT2D eigenvalue weighted by Gasteiger charge is -2.04. The third-order valence-corrected chi connectivity index (χ3v) is 6.46. The predicted molar refractivity (Wildman–Crippen MR) is 142 cm³/mol. The van der Waals surface area contributed by atoms with Gasteiger partial charge in [0.25, 0.3) is 0 Å². The van der Waals surface area contributed by atoms with Crippen molar-refractivity contribution < 1.29 is 17.3 Å². The molecule has 0 aromatic carbocycles. The van der Waals surface area contributed by atoms with Crippen LogP contribution in [0.4, 0.5) is 17.3 Å². The van der Waals surface area contributed by atoms with Crippen molar-refractivity contribution in [1.82, 2.24) is 0 Å². The number of hydrogen-bond acceptors (Lipinski definition) is 0. The van der Waals surface area contributed by atoms with Crippen LogP contribution < -0.4 is 0 Å². The van der Waals surface area contributed by atoms with Crippen molar-refractivity contribution in [3.63, 3.8) is 0 Å². The first-order valence-electron chi connectivity index (χ1n) is 14.8. The highest BCUT2D eigenvalue weighted by molar-refractivity contribution is 6.50. The number of halogens is 4. The summed E-state index contributed by atoms with van der Waals surface area (Å²) in [6, 6.07) is 0. The molecule has 0 aromatic rings. The molecule has 0 nitrogen and oxygen atoms in total.